The number of ether oxygens (including phenoxy) is 1. The number of hydrogen-bond donors (Lipinski definition) is 0. The normalized spacial score (nSPS) is 16.9. The first-order valence-corrected chi connectivity index (χ1v) is 7.59. The first kappa shape index (κ1) is 15.7. The fourth-order valence-corrected chi connectivity index (χ4v) is 3.03. The maximum absolute atomic E-state index is 13.1. The molecule has 122 valence electrons. The molecule has 0 radical (unpaired) electrons. The van der Waals surface area contributed by atoms with Gasteiger partial charge >= 0.3 is 11.7 Å². The van der Waals surface area contributed by atoms with E-state index in [2.05, 4.69) is 5.10 Å². The summed E-state index contributed by atoms with van der Waals surface area (Å²) in [5.74, 6) is -0.344. The maximum Gasteiger partial charge on any atom is 0.347 e. The van der Waals surface area contributed by atoms with Gasteiger partial charge in [0.1, 0.15) is 17.7 Å². The summed E-state index contributed by atoms with van der Waals surface area (Å²) >= 11 is 6.00. The maximum atomic E-state index is 13.1. The summed E-state index contributed by atoms with van der Waals surface area (Å²) in [7, 11) is 1.30. The SMILES string of the molecule is COC(=O)[C@@H]1CCCc2nn(Cc3ccc(F)cc3Cl)c(=O)n21. The number of nitrogens with zero attached hydrogens (tertiary/aromatic N) is 3. The van der Waals surface area contributed by atoms with E-state index in [1.54, 1.807) is 0 Å². The van der Waals surface area contributed by atoms with Crippen molar-refractivity contribution in [3.63, 3.8) is 0 Å². The molecule has 1 aromatic heterocycles. The van der Waals surface area contributed by atoms with Crippen molar-refractivity contribution in [2.75, 3.05) is 7.11 Å². The number of benzene rings is 1. The Morgan fingerprint density at radius 1 is 1.52 bits per heavy atom. The average Bonchev–Trinajstić information content (AvgIpc) is 2.85. The topological polar surface area (TPSA) is 66.1 Å². The van der Waals surface area contributed by atoms with Crippen LogP contribution in [0.5, 0.6) is 0 Å². The third-order valence-electron chi connectivity index (χ3n) is 3.94. The van der Waals surface area contributed by atoms with Crippen LogP contribution >= 0.6 is 11.6 Å². The number of aromatic nitrogens is 3. The second-order valence-corrected chi connectivity index (χ2v) is 5.80. The van der Waals surface area contributed by atoms with Crippen LogP contribution in [0.2, 0.25) is 5.02 Å². The zero-order valence-corrected chi connectivity index (χ0v) is 13.2. The summed E-state index contributed by atoms with van der Waals surface area (Å²) in [4.78, 5) is 24.4. The van der Waals surface area contributed by atoms with Gasteiger partial charge in [0.05, 0.1) is 13.7 Å². The van der Waals surface area contributed by atoms with Gasteiger partial charge in [0.2, 0.25) is 0 Å². The lowest BCUT2D eigenvalue weighted by Gasteiger charge is -2.20. The van der Waals surface area contributed by atoms with Gasteiger partial charge in [0.15, 0.2) is 0 Å². The Labute approximate surface area is 136 Å². The van der Waals surface area contributed by atoms with Crippen LogP contribution in [0.3, 0.4) is 0 Å². The zero-order valence-electron chi connectivity index (χ0n) is 12.5. The lowest BCUT2D eigenvalue weighted by atomic mass is 10.1. The summed E-state index contributed by atoms with van der Waals surface area (Å²) in [6, 6.07) is 3.34. The third kappa shape index (κ3) is 2.88. The van der Waals surface area contributed by atoms with Crippen molar-refractivity contribution >= 4 is 17.6 Å². The highest BCUT2D eigenvalue weighted by atomic mass is 35.5. The Morgan fingerprint density at radius 2 is 2.30 bits per heavy atom. The van der Waals surface area contributed by atoms with Gasteiger partial charge in [-0.15, -0.1) is 0 Å². The number of fused-ring (bicyclic) bond motifs is 1. The Morgan fingerprint density at radius 3 is 3.00 bits per heavy atom. The number of aryl methyl sites for hydroxylation is 1. The third-order valence-corrected chi connectivity index (χ3v) is 4.29. The predicted octanol–water partition coefficient (Wildman–Crippen LogP) is 1.94. The van der Waals surface area contributed by atoms with Gasteiger partial charge < -0.3 is 4.74 Å². The molecule has 0 aliphatic carbocycles. The lowest BCUT2D eigenvalue weighted by Crippen LogP contribution is -2.35. The first-order chi connectivity index (χ1) is 11.0. The Hall–Kier alpha value is -2.15. The first-order valence-electron chi connectivity index (χ1n) is 7.21. The van der Waals surface area contributed by atoms with Crippen LogP contribution in [-0.4, -0.2) is 27.4 Å². The van der Waals surface area contributed by atoms with E-state index < -0.39 is 23.5 Å². The molecular formula is C15H15ClFN3O3. The van der Waals surface area contributed by atoms with Crippen LogP contribution in [-0.2, 0) is 22.5 Å². The van der Waals surface area contributed by atoms with Crippen LogP contribution in [0.25, 0.3) is 0 Å². The lowest BCUT2D eigenvalue weighted by molar-refractivity contribution is -0.145. The fraction of sp³-hybridized carbons (Fsp3) is 0.400. The molecule has 6 nitrogen and oxygen atoms in total. The van der Waals surface area contributed by atoms with Gasteiger partial charge in [-0.05, 0) is 30.5 Å². The molecule has 0 N–H and O–H groups in total. The van der Waals surface area contributed by atoms with Gasteiger partial charge in [0, 0.05) is 11.4 Å². The minimum atomic E-state index is -0.645. The number of methoxy groups -OCH3 is 1. The highest BCUT2D eigenvalue weighted by molar-refractivity contribution is 6.31. The van der Waals surface area contributed by atoms with Crippen LogP contribution in [0.4, 0.5) is 4.39 Å². The second kappa shape index (κ2) is 6.16. The minimum Gasteiger partial charge on any atom is -0.467 e. The molecule has 1 aromatic carbocycles. The van der Waals surface area contributed by atoms with Gasteiger partial charge in [0.25, 0.3) is 0 Å². The number of halogens is 2. The highest BCUT2D eigenvalue weighted by Gasteiger charge is 2.31. The van der Waals surface area contributed by atoms with Crippen molar-refractivity contribution in [3.05, 3.63) is 50.9 Å². The Balaban J connectivity index is 1.98. The fourth-order valence-electron chi connectivity index (χ4n) is 2.80. The van der Waals surface area contributed by atoms with Crippen LogP contribution in [0.1, 0.15) is 30.3 Å². The van der Waals surface area contributed by atoms with E-state index in [1.807, 2.05) is 0 Å². The molecule has 8 heteroatoms. The smallest absolute Gasteiger partial charge is 0.347 e. The molecule has 1 aliphatic heterocycles. The van der Waals surface area contributed by atoms with E-state index in [9.17, 15) is 14.0 Å². The molecular weight excluding hydrogens is 325 g/mol. The number of rotatable bonds is 3. The molecule has 1 aliphatic rings. The van der Waals surface area contributed by atoms with Crippen LogP contribution in [0.15, 0.2) is 23.0 Å². The van der Waals surface area contributed by atoms with Crippen molar-refractivity contribution in [1.29, 1.82) is 0 Å². The largest absolute Gasteiger partial charge is 0.467 e. The molecule has 0 amide bonds. The van der Waals surface area contributed by atoms with Crippen LogP contribution in [0, 0.1) is 5.82 Å². The molecule has 2 aromatic rings. The van der Waals surface area contributed by atoms with E-state index in [0.29, 0.717) is 24.2 Å². The van der Waals surface area contributed by atoms with E-state index in [-0.39, 0.29) is 11.6 Å². The average molecular weight is 340 g/mol. The van der Waals surface area contributed by atoms with E-state index >= 15 is 0 Å². The highest BCUT2D eigenvalue weighted by Crippen LogP contribution is 2.23. The van der Waals surface area contributed by atoms with E-state index in [0.717, 1.165) is 6.42 Å². The Bertz CT molecular complexity index is 815. The number of carbonyl (C=O) groups is 1. The summed E-state index contributed by atoms with van der Waals surface area (Å²) in [6.07, 6.45) is 1.92. The molecule has 23 heavy (non-hydrogen) atoms. The summed E-state index contributed by atoms with van der Waals surface area (Å²) in [5.41, 5.74) is 0.190. The summed E-state index contributed by atoms with van der Waals surface area (Å²) in [5, 5.41) is 4.51. The van der Waals surface area contributed by atoms with Crippen molar-refractivity contribution < 1.29 is 13.9 Å². The number of hydrogen-bond acceptors (Lipinski definition) is 4. The molecule has 0 saturated heterocycles. The molecule has 0 bridgehead atoms. The molecule has 0 unspecified atom stereocenters. The molecule has 0 spiro atoms. The number of carbonyl (C=O) groups excluding carboxylic acids is 1. The molecule has 0 fully saturated rings. The minimum absolute atomic E-state index is 0.117. The number of esters is 1. The van der Waals surface area contributed by atoms with Crippen LogP contribution < -0.4 is 5.69 Å². The van der Waals surface area contributed by atoms with Crippen molar-refractivity contribution in [1.82, 2.24) is 14.3 Å². The summed E-state index contributed by atoms with van der Waals surface area (Å²) < 4.78 is 20.5. The standard InChI is InChI=1S/C15H15ClFN3O3/c1-23-14(21)12-3-2-4-13-18-19(15(22)20(12)13)8-9-5-6-10(17)7-11(9)16/h5-7,12H,2-4,8H2,1H3/t12-/m0/s1. The van der Waals surface area contributed by atoms with E-state index in [1.165, 1.54) is 34.6 Å². The molecule has 2 heterocycles. The summed E-state index contributed by atoms with van der Waals surface area (Å²) in [6.45, 7) is 0.117. The van der Waals surface area contributed by atoms with Gasteiger partial charge in [-0.25, -0.2) is 18.7 Å². The zero-order chi connectivity index (χ0) is 16.6. The van der Waals surface area contributed by atoms with Crippen molar-refractivity contribution in [3.8, 4) is 0 Å². The Kier molecular flexibility index (Phi) is 4.21. The van der Waals surface area contributed by atoms with E-state index in [4.69, 9.17) is 16.3 Å². The quantitative estimate of drug-likeness (QED) is 0.801. The molecule has 3 rings (SSSR count). The molecule has 1 atom stereocenters. The van der Waals surface area contributed by atoms with Crippen molar-refractivity contribution in [2.45, 2.75) is 31.8 Å². The van der Waals surface area contributed by atoms with Gasteiger partial charge in [-0.2, -0.15) is 5.10 Å². The van der Waals surface area contributed by atoms with Gasteiger partial charge in [-0.3, -0.25) is 4.57 Å². The predicted molar refractivity (Wildman–Crippen MR) is 81.0 cm³/mol. The van der Waals surface area contributed by atoms with Crippen molar-refractivity contribution in [2.24, 2.45) is 0 Å². The molecule has 0 saturated carbocycles. The monoisotopic (exact) mass is 339 g/mol. The second-order valence-electron chi connectivity index (χ2n) is 5.39. The van der Waals surface area contributed by atoms with Gasteiger partial charge in [-0.1, -0.05) is 17.7 Å².